The molecule has 0 bridgehead atoms. The Labute approximate surface area is 163 Å². The van der Waals surface area contributed by atoms with Crippen molar-refractivity contribution in [3.05, 3.63) is 57.0 Å². The molecule has 28 heavy (non-hydrogen) atoms. The van der Waals surface area contributed by atoms with E-state index < -0.39 is 11.5 Å². The van der Waals surface area contributed by atoms with Gasteiger partial charge in [0.1, 0.15) is 18.2 Å². The van der Waals surface area contributed by atoms with Crippen molar-refractivity contribution in [2.75, 3.05) is 18.4 Å². The zero-order chi connectivity index (χ0) is 20.8. The van der Waals surface area contributed by atoms with E-state index >= 15 is 0 Å². The van der Waals surface area contributed by atoms with E-state index in [1.807, 2.05) is 19.9 Å². The Morgan fingerprint density at radius 2 is 1.93 bits per heavy atom. The molecular weight excluding hydrogens is 358 g/mol. The largest absolute Gasteiger partial charge is 0.339 e. The van der Waals surface area contributed by atoms with E-state index in [1.165, 1.54) is 0 Å². The van der Waals surface area contributed by atoms with Crippen LogP contribution >= 0.6 is 0 Å². The number of aryl methyl sites for hydroxylation is 1. The van der Waals surface area contributed by atoms with Gasteiger partial charge in [0, 0.05) is 24.3 Å². The Morgan fingerprint density at radius 3 is 2.54 bits per heavy atom. The second-order valence-electron chi connectivity index (χ2n) is 6.27. The van der Waals surface area contributed by atoms with Crippen LogP contribution in [-0.2, 0) is 11.3 Å². The summed E-state index contributed by atoms with van der Waals surface area (Å²) >= 11 is 0. The number of rotatable bonds is 6. The lowest BCUT2D eigenvalue weighted by atomic mass is 10.1. The molecule has 0 aliphatic rings. The van der Waals surface area contributed by atoms with Crippen molar-refractivity contribution in [3.63, 3.8) is 0 Å². The highest BCUT2D eigenvalue weighted by Crippen LogP contribution is 2.13. The normalized spacial score (nSPS) is 10.2. The maximum absolute atomic E-state index is 12.4. The van der Waals surface area contributed by atoms with Gasteiger partial charge in [-0.3, -0.25) is 14.4 Å². The first kappa shape index (κ1) is 20.8. The van der Waals surface area contributed by atoms with Crippen molar-refractivity contribution in [2.24, 2.45) is 0 Å². The Balaban J connectivity index is 2.20. The van der Waals surface area contributed by atoms with Gasteiger partial charge < -0.3 is 10.2 Å². The fourth-order valence-electron chi connectivity index (χ4n) is 2.77. The highest BCUT2D eigenvalue weighted by atomic mass is 16.2. The van der Waals surface area contributed by atoms with Crippen LogP contribution < -0.4 is 10.9 Å². The third-order valence-corrected chi connectivity index (χ3v) is 4.49. The summed E-state index contributed by atoms with van der Waals surface area (Å²) in [5.41, 5.74) is 1.30. The maximum atomic E-state index is 12.4. The van der Waals surface area contributed by atoms with Gasteiger partial charge in [0.05, 0.1) is 5.69 Å². The second-order valence-corrected chi connectivity index (χ2v) is 6.27. The predicted octanol–water partition coefficient (Wildman–Crippen LogP) is 1.85. The lowest BCUT2D eigenvalue weighted by molar-refractivity contribution is -0.117. The zero-order valence-electron chi connectivity index (χ0n) is 16.4. The Kier molecular flexibility index (Phi) is 6.66. The monoisotopic (exact) mass is 381 g/mol. The summed E-state index contributed by atoms with van der Waals surface area (Å²) in [7, 11) is 0. The second kappa shape index (κ2) is 8.95. The number of hydrogen-bond acceptors (Lipinski definition) is 5. The molecule has 8 nitrogen and oxygen atoms in total. The van der Waals surface area contributed by atoms with Gasteiger partial charge in [-0.2, -0.15) is 10.4 Å². The number of benzene rings is 1. The van der Waals surface area contributed by atoms with E-state index in [-0.39, 0.29) is 18.0 Å². The molecule has 2 rings (SSSR count). The maximum Gasteiger partial charge on any atom is 0.285 e. The number of nitrogens with zero attached hydrogens (tertiary/aromatic N) is 4. The van der Waals surface area contributed by atoms with Crippen LogP contribution in [0.3, 0.4) is 0 Å². The molecular formula is C20H23N5O3. The highest BCUT2D eigenvalue weighted by molar-refractivity contribution is 5.97. The molecule has 2 aromatic rings. The van der Waals surface area contributed by atoms with Gasteiger partial charge in [-0.15, -0.1) is 0 Å². The van der Waals surface area contributed by atoms with Gasteiger partial charge in [0.15, 0.2) is 0 Å². The van der Waals surface area contributed by atoms with Crippen LogP contribution in [-0.4, -0.2) is 39.6 Å². The molecule has 0 saturated heterocycles. The van der Waals surface area contributed by atoms with Crippen molar-refractivity contribution in [2.45, 2.75) is 34.2 Å². The third-order valence-electron chi connectivity index (χ3n) is 4.49. The number of anilines is 1. The zero-order valence-corrected chi connectivity index (χ0v) is 16.4. The molecule has 0 aliphatic heterocycles. The molecule has 0 spiro atoms. The van der Waals surface area contributed by atoms with Crippen LogP contribution in [0.15, 0.2) is 29.1 Å². The van der Waals surface area contributed by atoms with E-state index in [2.05, 4.69) is 10.4 Å². The number of nitriles is 1. The first-order chi connectivity index (χ1) is 13.3. The van der Waals surface area contributed by atoms with Gasteiger partial charge in [-0.05, 0) is 51.5 Å². The van der Waals surface area contributed by atoms with Gasteiger partial charge in [-0.1, -0.05) is 6.07 Å². The fourth-order valence-corrected chi connectivity index (χ4v) is 2.77. The van der Waals surface area contributed by atoms with Crippen molar-refractivity contribution in [1.82, 2.24) is 14.7 Å². The summed E-state index contributed by atoms with van der Waals surface area (Å²) in [5, 5.41) is 15.9. The highest BCUT2D eigenvalue weighted by Gasteiger charge is 2.15. The minimum absolute atomic E-state index is 0.0212. The number of hydrogen-bond donors (Lipinski definition) is 1. The number of carbonyl (C=O) groups excluding carboxylic acids is 2. The summed E-state index contributed by atoms with van der Waals surface area (Å²) in [6.45, 7) is 7.97. The van der Waals surface area contributed by atoms with E-state index in [1.54, 1.807) is 43.0 Å². The third kappa shape index (κ3) is 4.43. The first-order valence-electron chi connectivity index (χ1n) is 8.99. The van der Waals surface area contributed by atoms with Gasteiger partial charge in [0.2, 0.25) is 5.91 Å². The number of aromatic nitrogens is 2. The molecule has 1 aromatic carbocycles. The molecule has 0 saturated carbocycles. The van der Waals surface area contributed by atoms with Crippen LogP contribution in [0.5, 0.6) is 0 Å². The standard InChI is InChI=1S/C20H23N5O3/c1-5-24(6-2)19(27)15-8-7-9-16(10-15)22-18(26)12-25-20(28)17(11-21)13(3)14(4)23-25/h7-10H,5-6,12H2,1-4H3,(H,22,26). The predicted molar refractivity (Wildman–Crippen MR) is 105 cm³/mol. The first-order valence-corrected chi connectivity index (χ1v) is 8.99. The van der Waals surface area contributed by atoms with Crippen molar-refractivity contribution in [1.29, 1.82) is 5.26 Å². The Morgan fingerprint density at radius 1 is 1.25 bits per heavy atom. The van der Waals surface area contributed by atoms with Crippen LogP contribution in [0.2, 0.25) is 0 Å². The Bertz CT molecular complexity index is 1000. The molecule has 146 valence electrons. The smallest absolute Gasteiger partial charge is 0.285 e. The summed E-state index contributed by atoms with van der Waals surface area (Å²) in [4.78, 5) is 38.8. The van der Waals surface area contributed by atoms with E-state index in [0.717, 1.165) is 4.68 Å². The molecule has 1 N–H and O–H groups in total. The van der Waals surface area contributed by atoms with Crippen LogP contribution in [0, 0.1) is 25.2 Å². The molecule has 8 heteroatoms. The van der Waals surface area contributed by atoms with E-state index in [4.69, 9.17) is 5.26 Å². The lowest BCUT2D eigenvalue weighted by Crippen LogP contribution is -2.32. The molecule has 1 aromatic heterocycles. The van der Waals surface area contributed by atoms with E-state index in [9.17, 15) is 14.4 Å². The van der Waals surface area contributed by atoms with Gasteiger partial charge in [-0.25, -0.2) is 4.68 Å². The Hall–Kier alpha value is -3.47. The average Bonchev–Trinajstić information content (AvgIpc) is 2.67. The van der Waals surface area contributed by atoms with Gasteiger partial charge >= 0.3 is 0 Å². The summed E-state index contributed by atoms with van der Waals surface area (Å²) in [6, 6.07) is 8.48. The van der Waals surface area contributed by atoms with Crippen molar-refractivity contribution >= 4 is 17.5 Å². The average molecular weight is 381 g/mol. The summed E-state index contributed by atoms with van der Waals surface area (Å²) in [5.74, 6) is -0.596. The van der Waals surface area contributed by atoms with Crippen LogP contribution in [0.4, 0.5) is 5.69 Å². The fraction of sp³-hybridized carbons (Fsp3) is 0.350. The number of amides is 2. The van der Waals surface area contributed by atoms with Crippen molar-refractivity contribution in [3.8, 4) is 6.07 Å². The topological polar surface area (TPSA) is 108 Å². The molecule has 0 aliphatic carbocycles. The van der Waals surface area contributed by atoms with E-state index in [0.29, 0.717) is 35.6 Å². The molecule has 0 radical (unpaired) electrons. The molecule has 1 heterocycles. The molecule has 2 amide bonds. The minimum Gasteiger partial charge on any atom is -0.339 e. The summed E-state index contributed by atoms with van der Waals surface area (Å²) < 4.78 is 0.973. The van der Waals surface area contributed by atoms with Gasteiger partial charge in [0.25, 0.3) is 11.5 Å². The lowest BCUT2D eigenvalue weighted by Gasteiger charge is -2.19. The number of nitrogens with one attached hydrogen (secondary N) is 1. The SMILES string of the molecule is CCN(CC)C(=O)c1cccc(NC(=O)Cn2nc(C)c(C)c(C#N)c2=O)c1. The van der Waals surface area contributed by atoms with Crippen LogP contribution in [0.25, 0.3) is 0 Å². The molecule has 0 atom stereocenters. The number of carbonyl (C=O) groups is 2. The van der Waals surface area contributed by atoms with Crippen molar-refractivity contribution < 1.29 is 9.59 Å². The molecule has 0 unspecified atom stereocenters. The quantitative estimate of drug-likeness (QED) is 0.821. The molecule has 0 fully saturated rings. The minimum atomic E-state index is -0.605. The summed E-state index contributed by atoms with van der Waals surface area (Å²) in [6.07, 6.45) is 0. The van der Waals surface area contributed by atoms with Crippen LogP contribution in [0.1, 0.15) is 41.0 Å².